The van der Waals surface area contributed by atoms with Crippen LogP contribution in [-0.2, 0) is 0 Å². The van der Waals surface area contributed by atoms with Crippen LogP contribution in [0.15, 0.2) is 162 Å². The Morgan fingerprint density at radius 3 is 1.49 bits per heavy atom. The standard InChI is InChI=1S/C44H26O/c1-2-8-33-29(7-1)17-18-30-19-20-31(23-38(30)33)27-13-15-28(16-14-27)32-21-22-36-39(24-32)34-9-3-4-10-35(34)41-26-44-42(25-40(36)41)37-11-5-6-12-43(37)45-44/h1-26H. The van der Waals surface area contributed by atoms with Gasteiger partial charge in [-0.2, -0.15) is 0 Å². The quantitative estimate of drug-likeness (QED) is 0.188. The third kappa shape index (κ3) is 3.68. The van der Waals surface area contributed by atoms with E-state index < -0.39 is 0 Å². The zero-order valence-electron chi connectivity index (χ0n) is 24.4. The molecule has 0 fully saturated rings. The van der Waals surface area contributed by atoms with Crippen molar-refractivity contribution in [2.45, 2.75) is 0 Å². The number of rotatable bonds is 2. The van der Waals surface area contributed by atoms with Crippen molar-refractivity contribution >= 4 is 75.8 Å². The summed E-state index contributed by atoms with van der Waals surface area (Å²) >= 11 is 0. The molecule has 10 aromatic rings. The molecule has 0 saturated carbocycles. The highest BCUT2D eigenvalue weighted by molar-refractivity contribution is 6.28. The fourth-order valence-electron chi connectivity index (χ4n) is 7.39. The first-order chi connectivity index (χ1) is 22.3. The maximum atomic E-state index is 6.28. The molecule has 0 radical (unpaired) electrons. The summed E-state index contributed by atoms with van der Waals surface area (Å²) in [7, 11) is 0. The predicted octanol–water partition coefficient (Wildman–Crippen LogP) is 12.7. The maximum Gasteiger partial charge on any atom is 0.136 e. The van der Waals surface area contributed by atoms with E-state index in [-0.39, 0.29) is 0 Å². The van der Waals surface area contributed by atoms with Gasteiger partial charge in [-0.25, -0.2) is 0 Å². The van der Waals surface area contributed by atoms with Crippen LogP contribution in [0, 0.1) is 0 Å². The van der Waals surface area contributed by atoms with Crippen molar-refractivity contribution < 1.29 is 4.42 Å². The van der Waals surface area contributed by atoms with Crippen LogP contribution in [-0.4, -0.2) is 0 Å². The second kappa shape index (κ2) is 9.29. The van der Waals surface area contributed by atoms with Gasteiger partial charge in [-0.1, -0.05) is 127 Å². The van der Waals surface area contributed by atoms with Gasteiger partial charge in [0.05, 0.1) is 0 Å². The first kappa shape index (κ1) is 24.5. The Kier molecular flexibility index (Phi) is 5.06. The van der Waals surface area contributed by atoms with Crippen molar-refractivity contribution in [1.82, 2.24) is 0 Å². The zero-order valence-corrected chi connectivity index (χ0v) is 24.4. The molecule has 0 bridgehead atoms. The lowest BCUT2D eigenvalue weighted by Gasteiger charge is -2.13. The molecule has 9 aromatic carbocycles. The van der Waals surface area contributed by atoms with Gasteiger partial charge in [0.25, 0.3) is 0 Å². The summed E-state index contributed by atoms with van der Waals surface area (Å²) in [5.41, 5.74) is 6.76. The van der Waals surface area contributed by atoms with E-state index in [0.717, 1.165) is 21.9 Å². The molecular formula is C44H26O. The largest absolute Gasteiger partial charge is 0.456 e. The Bertz CT molecular complexity index is 2800. The Labute approximate surface area is 259 Å². The molecule has 45 heavy (non-hydrogen) atoms. The Morgan fingerprint density at radius 2 is 0.733 bits per heavy atom. The second-order valence-electron chi connectivity index (χ2n) is 12.1. The lowest BCUT2D eigenvalue weighted by Crippen LogP contribution is -1.86. The summed E-state index contributed by atoms with van der Waals surface area (Å²) in [5.74, 6) is 0. The summed E-state index contributed by atoms with van der Waals surface area (Å²) in [5, 5.41) is 15.0. The van der Waals surface area contributed by atoms with Crippen LogP contribution in [0.25, 0.3) is 98.1 Å². The van der Waals surface area contributed by atoms with Crippen molar-refractivity contribution in [2.24, 2.45) is 0 Å². The third-order valence-corrected chi connectivity index (χ3v) is 9.63. The zero-order chi connectivity index (χ0) is 29.5. The number of benzene rings is 9. The summed E-state index contributed by atoms with van der Waals surface area (Å²) < 4.78 is 6.28. The fourth-order valence-corrected chi connectivity index (χ4v) is 7.39. The molecule has 1 heterocycles. The van der Waals surface area contributed by atoms with Crippen LogP contribution < -0.4 is 0 Å². The molecule has 10 rings (SSSR count). The molecule has 0 N–H and O–H groups in total. The maximum absolute atomic E-state index is 6.28. The van der Waals surface area contributed by atoms with Gasteiger partial charge < -0.3 is 4.42 Å². The first-order valence-electron chi connectivity index (χ1n) is 15.5. The van der Waals surface area contributed by atoms with Crippen LogP contribution in [0.1, 0.15) is 0 Å². The van der Waals surface area contributed by atoms with Gasteiger partial charge in [0, 0.05) is 10.8 Å². The lowest BCUT2D eigenvalue weighted by molar-refractivity contribution is 0.669. The minimum atomic E-state index is 0.930. The molecule has 0 spiro atoms. The molecule has 0 amide bonds. The smallest absolute Gasteiger partial charge is 0.136 e. The molecule has 0 saturated heterocycles. The van der Waals surface area contributed by atoms with E-state index in [2.05, 4.69) is 152 Å². The van der Waals surface area contributed by atoms with Crippen LogP contribution in [0.5, 0.6) is 0 Å². The van der Waals surface area contributed by atoms with Gasteiger partial charge in [0.2, 0.25) is 0 Å². The molecule has 0 unspecified atom stereocenters. The van der Waals surface area contributed by atoms with Gasteiger partial charge in [0.1, 0.15) is 11.2 Å². The van der Waals surface area contributed by atoms with Crippen LogP contribution in [0.2, 0.25) is 0 Å². The van der Waals surface area contributed by atoms with E-state index in [1.807, 2.05) is 6.07 Å². The molecule has 208 valence electrons. The van der Waals surface area contributed by atoms with E-state index in [1.54, 1.807) is 0 Å². The SMILES string of the molecule is c1ccc2c(c1)ccc1ccc(-c3ccc(-c4ccc5c(c4)c4ccccc4c4cc6oc7ccccc7c6cc54)cc3)cc12. The topological polar surface area (TPSA) is 13.1 Å². The molecular weight excluding hydrogens is 544 g/mol. The van der Waals surface area contributed by atoms with Crippen molar-refractivity contribution in [3.8, 4) is 22.3 Å². The minimum Gasteiger partial charge on any atom is -0.456 e. The van der Waals surface area contributed by atoms with E-state index >= 15 is 0 Å². The molecule has 0 aliphatic carbocycles. The van der Waals surface area contributed by atoms with E-state index in [0.29, 0.717) is 0 Å². The van der Waals surface area contributed by atoms with Gasteiger partial charge in [-0.3, -0.25) is 0 Å². The fraction of sp³-hybridized carbons (Fsp3) is 0. The highest BCUT2D eigenvalue weighted by atomic mass is 16.3. The molecule has 1 aromatic heterocycles. The predicted molar refractivity (Wildman–Crippen MR) is 192 cm³/mol. The Hall–Kier alpha value is -5.92. The summed E-state index contributed by atoms with van der Waals surface area (Å²) in [4.78, 5) is 0. The molecule has 1 heteroatoms. The van der Waals surface area contributed by atoms with Gasteiger partial charge >= 0.3 is 0 Å². The average molecular weight is 571 g/mol. The highest BCUT2D eigenvalue weighted by Gasteiger charge is 2.14. The second-order valence-corrected chi connectivity index (χ2v) is 12.1. The number of hydrogen-bond acceptors (Lipinski definition) is 1. The van der Waals surface area contributed by atoms with Crippen molar-refractivity contribution in [3.63, 3.8) is 0 Å². The third-order valence-electron chi connectivity index (χ3n) is 9.63. The average Bonchev–Trinajstić information content (AvgIpc) is 3.48. The van der Waals surface area contributed by atoms with Gasteiger partial charge in [0.15, 0.2) is 0 Å². The molecule has 1 nitrogen and oxygen atoms in total. The first-order valence-corrected chi connectivity index (χ1v) is 15.5. The summed E-state index contributed by atoms with van der Waals surface area (Å²) in [6.07, 6.45) is 0. The summed E-state index contributed by atoms with van der Waals surface area (Å²) in [6.45, 7) is 0. The van der Waals surface area contributed by atoms with Crippen LogP contribution >= 0.6 is 0 Å². The number of hydrogen-bond donors (Lipinski definition) is 0. The minimum absolute atomic E-state index is 0.930. The van der Waals surface area contributed by atoms with Crippen LogP contribution in [0.4, 0.5) is 0 Å². The van der Waals surface area contributed by atoms with E-state index in [9.17, 15) is 0 Å². The molecule has 0 aliphatic rings. The van der Waals surface area contributed by atoms with Crippen molar-refractivity contribution in [2.75, 3.05) is 0 Å². The number of furan rings is 1. The van der Waals surface area contributed by atoms with Gasteiger partial charge in [-0.05, 0) is 106 Å². The lowest BCUT2D eigenvalue weighted by atomic mass is 9.91. The van der Waals surface area contributed by atoms with E-state index in [4.69, 9.17) is 4.42 Å². The Morgan fingerprint density at radius 1 is 0.244 bits per heavy atom. The van der Waals surface area contributed by atoms with Crippen molar-refractivity contribution in [3.05, 3.63) is 158 Å². The number of para-hydroxylation sites is 1. The monoisotopic (exact) mass is 570 g/mol. The molecule has 0 atom stereocenters. The van der Waals surface area contributed by atoms with Crippen molar-refractivity contribution in [1.29, 1.82) is 0 Å². The van der Waals surface area contributed by atoms with Gasteiger partial charge in [-0.15, -0.1) is 0 Å². The summed E-state index contributed by atoms with van der Waals surface area (Å²) in [6, 6.07) is 57.5. The normalized spacial score (nSPS) is 12.0. The highest BCUT2D eigenvalue weighted by Crippen LogP contribution is 2.41. The molecule has 0 aliphatic heterocycles. The number of fused-ring (bicyclic) bond motifs is 12. The van der Waals surface area contributed by atoms with Crippen LogP contribution in [0.3, 0.4) is 0 Å². The Balaban J connectivity index is 1.12. The van der Waals surface area contributed by atoms with E-state index in [1.165, 1.54) is 76.1 Å².